The zero-order valence-corrected chi connectivity index (χ0v) is 17.0. The Kier molecular flexibility index (Phi) is 5.65. The molecule has 1 aliphatic rings. The van der Waals surface area contributed by atoms with Gasteiger partial charge in [-0.15, -0.1) is 0 Å². The summed E-state index contributed by atoms with van der Waals surface area (Å²) < 4.78 is 45.5. The van der Waals surface area contributed by atoms with Crippen LogP contribution in [0.4, 0.5) is 23.7 Å². The van der Waals surface area contributed by atoms with Crippen LogP contribution < -0.4 is 10.2 Å². The van der Waals surface area contributed by atoms with Gasteiger partial charge in [0.05, 0.1) is 11.1 Å². The van der Waals surface area contributed by atoms with Gasteiger partial charge in [0.2, 0.25) is 0 Å². The highest BCUT2D eigenvalue weighted by Crippen LogP contribution is 2.38. The van der Waals surface area contributed by atoms with Crippen molar-refractivity contribution in [3.05, 3.63) is 36.0 Å². The first-order valence-corrected chi connectivity index (χ1v) is 9.63. The number of aromatic nitrogens is 1. The van der Waals surface area contributed by atoms with Crippen LogP contribution in [0, 0.1) is 5.92 Å². The van der Waals surface area contributed by atoms with Gasteiger partial charge in [0.15, 0.2) is 0 Å². The number of carbonyl (C=O) groups is 1. The van der Waals surface area contributed by atoms with Crippen LogP contribution >= 0.6 is 0 Å². The number of alkyl carbamates (subject to hydrolysis) is 1. The molecule has 29 heavy (non-hydrogen) atoms. The Morgan fingerprint density at radius 3 is 2.59 bits per heavy atom. The first kappa shape index (κ1) is 21.2. The van der Waals surface area contributed by atoms with E-state index in [1.54, 1.807) is 32.9 Å². The molecule has 1 N–H and O–H groups in total. The Labute approximate surface area is 168 Å². The SMILES string of the molecule is C[C@@H]1C[C@@H](NC(=O)OC(C)(C)C)CN(c2ccc(C(F)(F)F)c3ncccc23)C1. The highest BCUT2D eigenvalue weighted by molar-refractivity contribution is 5.94. The summed E-state index contributed by atoms with van der Waals surface area (Å²) in [5, 5.41) is 3.34. The molecule has 0 unspecified atom stereocenters. The summed E-state index contributed by atoms with van der Waals surface area (Å²) in [4.78, 5) is 18.2. The second-order valence-electron chi connectivity index (χ2n) is 8.62. The van der Waals surface area contributed by atoms with Gasteiger partial charge in [0.1, 0.15) is 5.60 Å². The molecule has 1 amide bonds. The van der Waals surface area contributed by atoms with Crippen molar-refractivity contribution in [2.75, 3.05) is 18.0 Å². The van der Waals surface area contributed by atoms with Crippen molar-refractivity contribution in [2.45, 2.75) is 51.9 Å². The second-order valence-corrected chi connectivity index (χ2v) is 8.62. The molecule has 0 spiro atoms. The Bertz CT molecular complexity index is 893. The summed E-state index contributed by atoms with van der Waals surface area (Å²) in [6.45, 7) is 8.61. The van der Waals surface area contributed by atoms with E-state index in [1.165, 1.54) is 12.3 Å². The topological polar surface area (TPSA) is 54.5 Å². The fourth-order valence-corrected chi connectivity index (χ4v) is 3.79. The number of fused-ring (bicyclic) bond motifs is 1. The molecular weight excluding hydrogens is 383 g/mol. The normalized spacial score (nSPS) is 20.6. The van der Waals surface area contributed by atoms with Gasteiger partial charge in [0.25, 0.3) is 0 Å². The van der Waals surface area contributed by atoms with E-state index in [9.17, 15) is 18.0 Å². The van der Waals surface area contributed by atoms with Gasteiger partial charge in [0, 0.05) is 36.4 Å². The number of anilines is 1. The molecule has 2 heterocycles. The van der Waals surface area contributed by atoms with Crippen LogP contribution in [0.25, 0.3) is 10.9 Å². The smallest absolute Gasteiger partial charge is 0.418 e. The number of piperidine rings is 1. The Morgan fingerprint density at radius 1 is 1.21 bits per heavy atom. The summed E-state index contributed by atoms with van der Waals surface area (Å²) in [6.07, 6.45) is -2.82. The van der Waals surface area contributed by atoms with E-state index in [0.29, 0.717) is 24.2 Å². The van der Waals surface area contributed by atoms with Crippen LogP contribution in [0.2, 0.25) is 0 Å². The number of benzene rings is 1. The molecule has 8 heteroatoms. The lowest BCUT2D eigenvalue weighted by Crippen LogP contribution is -2.51. The third-order valence-electron chi connectivity index (χ3n) is 4.77. The summed E-state index contributed by atoms with van der Waals surface area (Å²) in [6, 6.07) is 5.70. The maximum absolute atomic E-state index is 13.4. The predicted octanol–water partition coefficient (Wildman–Crippen LogP) is 4.99. The molecule has 158 valence electrons. The zero-order valence-electron chi connectivity index (χ0n) is 17.0. The van der Waals surface area contributed by atoms with Gasteiger partial charge in [-0.25, -0.2) is 4.79 Å². The lowest BCUT2D eigenvalue weighted by atomic mass is 9.94. The first-order valence-electron chi connectivity index (χ1n) is 9.63. The number of alkyl halides is 3. The number of ether oxygens (including phenoxy) is 1. The van der Waals surface area contributed by atoms with Crippen molar-refractivity contribution in [1.82, 2.24) is 10.3 Å². The van der Waals surface area contributed by atoms with Crippen molar-refractivity contribution in [3.8, 4) is 0 Å². The second kappa shape index (κ2) is 7.72. The molecule has 2 atom stereocenters. The standard InChI is InChI=1S/C21H26F3N3O2/c1-13-10-14(26-19(28)29-20(2,3)4)12-27(11-13)17-8-7-16(21(22,23)24)18-15(17)6-5-9-25-18/h5-9,13-14H,10-12H2,1-4H3,(H,26,28)/t13-,14-/m1/s1. The fourth-order valence-electron chi connectivity index (χ4n) is 3.79. The number of pyridine rings is 1. The van der Waals surface area contributed by atoms with E-state index in [2.05, 4.69) is 17.2 Å². The maximum atomic E-state index is 13.4. The summed E-state index contributed by atoms with van der Waals surface area (Å²) >= 11 is 0. The minimum Gasteiger partial charge on any atom is -0.444 e. The molecule has 0 radical (unpaired) electrons. The average molecular weight is 409 g/mol. The van der Waals surface area contributed by atoms with Crippen LogP contribution in [0.1, 0.15) is 39.7 Å². The average Bonchev–Trinajstić information content (AvgIpc) is 2.57. The molecule has 2 aromatic rings. The highest BCUT2D eigenvalue weighted by Gasteiger charge is 2.35. The Morgan fingerprint density at radius 2 is 1.93 bits per heavy atom. The van der Waals surface area contributed by atoms with Crippen LogP contribution in [-0.2, 0) is 10.9 Å². The number of nitrogens with one attached hydrogen (secondary N) is 1. The molecule has 0 saturated carbocycles. The molecule has 5 nitrogen and oxygen atoms in total. The quantitative estimate of drug-likeness (QED) is 0.759. The van der Waals surface area contributed by atoms with Crippen molar-refractivity contribution in [1.29, 1.82) is 0 Å². The number of rotatable bonds is 2. The zero-order chi connectivity index (χ0) is 21.4. The molecule has 1 saturated heterocycles. The first-order chi connectivity index (χ1) is 13.4. The van der Waals surface area contributed by atoms with E-state index in [0.717, 1.165) is 12.5 Å². The lowest BCUT2D eigenvalue weighted by Gasteiger charge is -2.39. The van der Waals surface area contributed by atoms with E-state index in [4.69, 9.17) is 4.74 Å². The number of hydrogen-bond acceptors (Lipinski definition) is 4. The molecule has 0 bridgehead atoms. The van der Waals surface area contributed by atoms with Crippen LogP contribution in [0.3, 0.4) is 0 Å². The van der Waals surface area contributed by atoms with Gasteiger partial charge in [-0.05, 0) is 57.4 Å². The van der Waals surface area contributed by atoms with Crippen molar-refractivity contribution in [3.63, 3.8) is 0 Å². The van der Waals surface area contributed by atoms with Gasteiger partial charge in [-0.2, -0.15) is 13.2 Å². The van der Waals surface area contributed by atoms with Crippen LogP contribution in [0.5, 0.6) is 0 Å². The third kappa shape index (κ3) is 5.10. The minimum atomic E-state index is -4.47. The van der Waals surface area contributed by atoms with E-state index in [1.807, 2.05) is 4.90 Å². The lowest BCUT2D eigenvalue weighted by molar-refractivity contribution is -0.136. The van der Waals surface area contributed by atoms with Gasteiger partial charge < -0.3 is 15.0 Å². The summed E-state index contributed by atoms with van der Waals surface area (Å²) in [7, 11) is 0. The Hall–Kier alpha value is -2.51. The maximum Gasteiger partial charge on any atom is 0.418 e. The fraction of sp³-hybridized carbons (Fsp3) is 0.524. The van der Waals surface area contributed by atoms with Crippen molar-refractivity contribution in [2.24, 2.45) is 5.92 Å². The van der Waals surface area contributed by atoms with E-state index in [-0.39, 0.29) is 17.5 Å². The predicted molar refractivity (Wildman–Crippen MR) is 106 cm³/mol. The van der Waals surface area contributed by atoms with Gasteiger partial charge in [-0.3, -0.25) is 4.98 Å². The van der Waals surface area contributed by atoms with E-state index < -0.39 is 23.4 Å². The molecule has 1 aromatic heterocycles. The van der Waals surface area contributed by atoms with Gasteiger partial charge >= 0.3 is 12.3 Å². The Balaban J connectivity index is 1.88. The van der Waals surface area contributed by atoms with Crippen LogP contribution in [0.15, 0.2) is 30.5 Å². The monoisotopic (exact) mass is 409 g/mol. The summed E-state index contributed by atoms with van der Waals surface area (Å²) in [5.74, 6) is 0.248. The molecule has 1 fully saturated rings. The van der Waals surface area contributed by atoms with Crippen molar-refractivity contribution < 1.29 is 22.7 Å². The molecule has 1 aromatic carbocycles. The number of nitrogens with zero attached hydrogens (tertiary/aromatic N) is 2. The summed E-state index contributed by atoms with van der Waals surface area (Å²) in [5.41, 5.74) is -0.722. The minimum absolute atomic E-state index is 0.0626. The number of hydrogen-bond donors (Lipinski definition) is 1. The number of carbonyl (C=O) groups excluding carboxylic acids is 1. The van der Waals surface area contributed by atoms with Gasteiger partial charge in [-0.1, -0.05) is 6.92 Å². The highest BCUT2D eigenvalue weighted by atomic mass is 19.4. The molecule has 0 aliphatic carbocycles. The molecule has 3 rings (SSSR count). The molecule has 1 aliphatic heterocycles. The number of halogens is 3. The van der Waals surface area contributed by atoms with Crippen molar-refractivity contribution >= 4 is 22.7 Å². The third-order valence-corrected chi connectivity index (χ3v) is 4.77. The largest absolute Gasteiger partial charge is 0.444 e. The van der Waals surface area contributed by atoms with E-state index >= 15 is 0 Å². The number of amides is 1. The van der Waals surface area contributed by atoms with Crippen LogP contribution in [-0.4, -0.2) is 35.8 Å². The molecular formula is C21H26F3N3O2.